The Morgan fingerprint density at radius 2 is 1.68 bits per heavy atom. The summed E-state index contributed by atoms with van der Waals surface area (Å²) < 4.78 is 49.6. The summed E-state index contributed by atoms with van der Waals surface area (Å²) in [6.07, 6.45) is -2.25. The lowest BCUT2D eigenvalue weighted by Crippen LogP contribution is -2.28. The van der Waals surface area contributed by atoms with Crippen molar-refractivity contribution in [2.75, 3.05) is 13.2 Å². The standard InChI is InChI=1S/C12H17F2O4P/c1-3-17-19(16,18-4-2)12(13,14)11(15)10-8-6-5-7-9-10/h5-9,11,15H,3-4H2,1-2H3. The second-order valence-corrected chi connectivity index (χ2v) is 5.84. The molecule has 0 amide bonds. The van der Waals surface area contributed by atoms with Crippen LogP contribution in [0.25, 0.3) is 0 Å². The van der Waals surface area contributed by atoms with Crippen molar-refractivity contribution < 1.29 is 27.5 Å². The number of hydrogen-bond acceptors (Lipinski definition) is 4. The number of aliphatic hydroxyl groups excluding tert-OH is 1. The van der Waals surface area contributed by atoms with Crippen molar-refractivity contribution in [2.24, 2.45) is 0 Å². The number of halogens is 2. The first-order valence-electron chi connectivity index (χ1n) is 5.89. The zero-order valence-corrected chi connectivity index (χ0v) is 11.6. The first kappa shape index (κ1) is 16.2. The van der Waals surface area contributed by atoms with Gasteiger partial charge in [0.1, 0.15) is 0 Å². The minimum absolute atomic E-state index is 0.0490. The number of aliphatic hydroxyl groups is 1. The number of benzene rings is 1. The van der Waals surface area contributed by atoms with E-state index in [2.05, 4.69) is 9.05 Å². The zero-order valence-electron chi connectivity index (χ0n) is 10.8. The summed E-state index contributed by atoms with van der Waals surface area (Å²) in [5, 5.41) is 9.75. The van der Waals surface area contributed by atoms with Crippen molar-refractivity contribution in [3.8, 4) is 0 Å². The molecule has 1 unspecified atom stereocenters. The van der Waals surface area contributed by atoms with E-state index in [1.54, 1.807) is 6.07 Å². The molecule has 0 aromatic heterocycles. The Labute approximate surface area is 110 Å². The van der Waals surface area contributed by atoms with E-state index >= 15 is 0 Å². The van der Waals surface area contributed by atoms with E-state index in [0.717, 1.165) is 0 Å². The van der Waals surface area contributed by atoms with Gasteiger partial charge in [-0.05, 0) is 19.4 Å². The Morgan fingerprint density at radius 1 is 1.21 bits per heavy atom. The molecule has 0 saturated heterocycles. The Hall–Kier alpha value is -0.810. The molecule has 0 aliphatic carbocycles. The topological polar surface area (TPSA) is 55.8 Å². The molecule has 7 heteroatoms. The van der Waals surface area contributed by atoms with Crippen molar-refractivity contribution in [2.45, 2.75) is 25.6 Å². The van der Waals surface area contributed by atoms with Crippen LogP contribution < -0.4 is 0 Å². The summed E-state index contributed by atoms with van der Waals surface area (Å²) in [5.74, 6) is 0. The van der Waals surface area contributed by atoms with Crippen LogP contribution in [0.1, 0.15) is 25.5 Å². The molecule has 0 aliphatic heterocycles. The largest absolute Gasteiger partial charge is 0.402 e. The molecule has 1 atom stereocenters. The van der Waals surface area contributed by atoms with Gasteiger partial charge >= 0.3 is 13.3 Å². The Kier molecular flexibility index (Phi) is 5.62. The molecule has 0 bridgehead atoms. The van der Waals surface area contributed by atoms with Gasteiger partial charge in [-0.3, -0.25) is 4.57 Å². The second kappa shape index (κ2) is 6.57. The fraction of sp³-hybridized carbons (Fsp3) is 0.500. The van der Waals surface area contributed by atoms with Gasteiger partial charge < -0.3 is 14.2 Å². The highest BCUT2D eigenvalue weighted by Gasteiger charge is 2.59. The van der Waals surface area contributed by atoms with Crippen molar-refractivity contribution in [3.05, 3.63) is 35.9 Å². The number of alkyl halides is 2. The third kappa shape index (κ3) is 3.39. The maximum absolute atomic E-state index is 14.2. The summed E-state index contributed by atoms with van der Waals surface area (Å²) in [6.45, 7) is 2.45. The Balaban J connectivity index is 3.09. The van der Waals surface area contributed by atoms with Gasteiger partial charge in [-0.2, -0.15) is 8.78 Å². The Bertz CT molecular complexity index is 429. The fourth-order valence-electron chi connectivity index (χ4n) is 1.53. The number of hydrogen-bond donors (Lipinski definition) is 1. The molecule has 1 aromatic carbocycles. The Morgan fingerprint density at radius 3 is 2.11 bits per heavy atom. The molecule has 1 N–H and O–H groups in total. The predicted molar refractivity (Wildman–Crippen MR) is 67.2 cm³/mol. The van der Waals surface area contributed by atoms with Crippen molar-refractivity contribution in [3.63, 3.8) is 0 Å². The maximum Gasteiger partial charge on any atom is 0.402 e. The van der Waals surface area contributed by atoms with Gasteiger partial charge in [0, 0.05) is 0 Å². The van der Waals surface area contributed by atoms with E-state index in [-0.39, 0.29) is 18.8 Å². The smallest absolute Gasteiger partial charge is 0.381 e. The van der Waals surface area contributed by atoms with Gasteiger partial charge in [-0.25, -0.2) is 0 Å². The average molecular weight is 294 g/mol. The summed E-state index contributed by atoms with van der Waals surface area (Å²) >= 11 is 0. The molecule has 108 valence electrons. The van der Waals surface area contributed by atoms with E-state index in [4.69, 9.17) is 0 Å². The van der Waals surface area contributed by atoms with Crippen LogP contribution in [0.15, 0.2) is 30.3 Å². The SMILES string of the molecule is CCOP(=O)(OCC)C(F)(F)C(O)c1ccccc1. The summed E-state index contributed by atoms with van der Waals surface area (Å²) in [7, 11) is -4.73. The molecule has 0 radical (unpaired) electrons. The molecular formula is C12H17F2O4P. The van der Waals surface area contributed by atoms with E-state index in [1.165, 1.54) is 38.1 Å². The van der Waals surface area contributed by atoms with Gasteiger partial charge in [0.25, 0.3) is 0 Å². The van der Waals surface area contributed by atoms with E-state index in [0.29, 0.717) is 0 Å². The normalized spacial score (nSPS) is 14.4. The second-order valence-electron chi connectivity index (χ2n) is 3.73. The molecule has 19 heavy (non-hydrogen) atoms. The van der Waals surface area contributed by atoms with Gasteiger partial charge in [0.2, 0.25) is 0 Å². The third-order valence-corrected chi connectivity index (χ3v) is 4.58. The average Bonchev–Trinajstić information content (AvgIpc) is 2.39. The van der Waals surface area contributed by atoms with Crippen LogP contribution in [-0.2, 0) is 13.6 Å². The molecular weight excluding hydrogens is 277 g/mol. The highest BCUT2D eigenvalue weighted by atomic mass is 31.2. The molecule has 0 fully saturated rings. The van der Waals surface area contributed by atoms with Crippen LogP contribution in [0.5, 0.6) is 0 Å². The molecule has 1 rings (SSSR count). The van der Waals surface area contributed by atoms with E-state index < -0.39 is 19.4 Å². The molecule has 4 nitrogen and oxygen atoms in total. The first-order valence-corrected chi connectivity index (χ1v) is 7.43. The van der Waals surface area contributed by atoms with E-state index in [1.807, 2.05) is 0 Å². The van der Waals surface area contributed by atoms with E-state index in [9.17, 15) is 18.5 Å². The minimum Gasteiger partial charge on any atom is -0.381 e. The van der Waals surface area contributed by atoms with Gasteiger partial charge in [-0.1, -0.05) is 30.3 Å². The molecule has 0 saturated carbocycles. The monoisotopic (exact) mass is 294 g/mol. The van der Waals surface area contributed by atoms with Crippen LogP contribution in [0, 0.1) is 0 Å². The van der Waals surface area contributed by atoms with Crippen LogP contribution in [0.2, 0.25) is 0 Å². The third-order valence-electron chi connectivity index (χ3n) is 2.41. The predicted octanol–water partition coefficient (Wildman–Crippen LogP) is 3.58. The summed E-state index contributed by atoms with van der Waals surface area (Å²) in [5.41, 5.74) is -4.06. The fourth-order valence-corrected chi connectivity index (χ4v) is 3.08. The molecule has 1 aromatic rings. The van der Waals surface area contributed by atoms with Crippen LogP contribution in [0.4, 0.5) is 8.78 Å². The van der Waals surface area contributed by atoms with Gasteiger partial charge in [-0.15, -0.1) is 0 Å². The van der Waals surface area contributed by atoms with Gasteiger partial charge in [0.15, 0.2) is 6.10 Å². The van der Waals surface area contributed by atoms with Crippen molar-refractivity contribution in [1.29, 1.82) is 0 Å². The maximum atomic E-state index is 14.2. The molecule has 0 spiro atoms. The highest BCUT2D eigenvalue weighted by Crippen LogP contribution is 2.65. The number of rotatable bonds is 7. The van der Waals surface area contributed by atoms with Crippen molar-refractivity contribution >= 4 is 7.60 Å². The molecule has 0 aliphatic rings. The zero-order chi connectivity index (χ0) is 14.5. The first-order chi connectivity index (χ1) is 8.89. The lowest BCUT2D eigenvalue weighted by atomic mass is 10.1. The lowest BCUT2D eigenvalue weighted by molar-refractivity contribution is -0.0676. The van der Waals surface area contributed by atoms with Gasteiger partial charge in [0.05, 0.1) is 13.2 Å². The minimum atomic E-state index is -4.73. The summed E-state index contributed by atoms with van der Waals surface area (Å²) in [4.78, 5) is 0. The van der Waals surface area contributed by atoms with Crippen molar-refractivity contribution in [1.82, 2.24) is 0 Å². The quantitative estimate of drug-likeness (QED) is 0.781. The summed E-state index contributed by atoms with van der Waals surface area (Å²) in [6, 6.07) is 7.27. The van der Waals surface area contributed by atoms with Crippen LogP contribution >= 0.6 is 7.60 Å². The van der Waals surface area contributed by atoms with Crippen LogP contribution in [0.3, 0.4) is 0 Å². The molecule has 0 heterocycles. The lowest BCUT2D eigenvalue weighted by Gasteiger charge is -2.29. The highest BCUT2D eigenvalue weighted by molar-refractivity contribution is 7.55. The van der Waals surface area contributed by atoms with Crippen LogP contribution in [-0.4, -0.2) is 24.0 Å².